The van der Waals surface area contributed by atoms with E-state index in [2.05, 4.69) is 23.3 Å². The monoisotopic (exact) mass is 372 g/mol. The van der Waals surface area contributed by atoms with E-state index in [0.717, 1.165) is 38.0 Å². The van der Waals surface area contributed by atoms with Crippen molar-refractivity contribution in [1.82, 2.24) is 9.80 Å². The minimum Gasteiger partial charge on any atom is -0.395 e. The normalized spacial score (nSPS) is 15.9. The molecule has 0 radical (unpaired) electrons. The summed E-state index contributed by atoms with van der Waals surface area (Å²) in [5.41, 5.74) is 2.48. The number of amides is 1. The number of hydrogen-bond acceptors (Lipinski definition) is 4. The van der Waals surface area contributed by atoms with Gasteiger partial charge in [0.2, 0.25) is 5.91 Å². The van der Waals surface area contributed by atoms with E-state index in [1.54, 1.807) is 0 Å². The summed E-state index contributed by atoms with van der Waals surface area (Å²) in [5.74, 6) is 0.265. The van der Waals surface area contributed by atoms with E-state index in [-0.39, 0.29) is 18.4 Å². The number of thiophene rings is 1. The third kappa shape index (κ3) is 4.93. The lowest BCUT2D eigenvalue weighted by Crippen LogP contribution is -2.43. The van der Waals surface area contributed by atoms with Crippen molar-refractivity contribution < 1.29 is 9.90 Å². The van der Waals surface area contributed by atoms with Crippen LogP contribution in [0.2, 0.25) is 0 Å². The van der Waals surface area contributed by atoms with Crippen LogP contribution in [-0.4, -0.2) is 47.1 Å². The number of piperidine rings is 1. The van der Waals surface area contributed by atoms with Crippen molar-refractivity contribution in [3.8, 4) is 0 Å². The largest absolute Gasteiger partial charge is 0.395 e. The Kier molecular flexibility index (Phi) is 6.83. The first-order valence-corrected chi connectivity index (χ1v) is 10.2. The van der Waals surface area contributed by atoms with Gasteiger partial charge >= 0.3 is 0 Å². The Balaban J connectivity index is 1.54. The summed E-state index contributed by atoms with van der Waals surface area (Å²) in [7, 11) is 0. The number of aliphatic hydroxyl groups excluding tert-OH is 1. The summed E-state index contributed by atoms with van der Waals surface area (Å²) >= 11 is 1.82. The smallest absolute Gasteiger partial charge is 0.226 e. The average molecular weight is 373 g/mol. The molecule has 3 rings (SSSR count). The summed E-state index contributed by atoms with van der Waals surface area (Å²) in [6.45, 7) is 6.08. The highest BCUT2D eigenvalue weighted by Crippen LogP contribution is 2.24. The molecule has 1 aromatic carbocycles. The van der Waals surface area contributed by atoms with Crippen molar-refractivity contribution in [2.24, 2.45) is 5.92 Å². The molecule has 0 spiro atoms. The molecule has 5 heteroatoms. The Labute approximate surface area is 160 Å². The van der Waals surface area contributed by atoms with E-state index in [1.807, 2.05) is 46.6 Å². The topological polar surface area (TPSA) is 43.8 Å². The minimum atomic E-state index is 0.00900. The van der Waals surface area contributed by atoms with Crippen LogP contribution in [0, 0.1) is 12.8 Å². The van der Waals surface area contributed by atoms with Crippen LogP contribution in [0.15, 0.2) is 41.8 Å². The zero-order valence-corrected chi connectivity index (χ0v) is 16.3. The molecule has 0 unspecified atom stereocenters. The standard InChI is InChI=1S/C21H28N2O2S/c1-17-9-14-26-20(17)16-22-10-7-19(8-11-22)21(25)23(12-13-24)15-18-5-3-2-4-6-18/h2-6,9,14,19,24H,7-8,10-13,15-16H2,1H3. The maximum atomic E-state index is 13.0. The van der Waals surface area contributed by atoms with E-state index in [9.17, 15) is 9.90 Å². The molecule has 0 saturated carbocycles. The predicted molar refractivity (Wildman–Crippen MR) is 106 cm³/mol. The molecule has 0 bridgehead atoms. The van der Waals surface area contributed by atoms with Crippen LogP contribution in [0.4, 0.5) is 0 Å². The number of aryl methyl sites for hydroxylation is 1. The quantitative estimate of drug-likeness (QED) is 0.811. The number of likely N-dealkylation sites (tertiary alicyclic amines) is 1. The Morgan fingerprint density at radius 1 is 1.23 bits per heavy atom. The lowest BCUT2D eigenvalue weighted by atomic mass is 9.95. The number of benzene rings is 1. The second kappa shape index (κ2) is 9.31. The molecule has 0 atom stereocenters. The molecule has 140 valence electrons. The highest BCUT2D eigenvalue weighted by atomic mass is 32.1. The zero-order chi connectivity index (χ0) is 18.4. The van der Waals surface area contributed by atoms with Gasteiger partial charge in [-0.2, -0.15) is 0 Å². The Bertz CT molecular complexity index is 693. The van der Waals surface area contributed by atoms with Crippen LogP contribution < -0.4 is 0 Å². The van der Waals surface area contributed by atoms with Gasteiger partial charge in [-0.05, 0) is 55.4 Å². The molecule has 4 nitrogen and oxygen atoms in total. The zero-order valence-electron chi connectivity index (χ0n) is 15.4. The van der Waals surface area contributed by atoms with E-state index >= 15 is 0 Å². The molecule has 1 saturated heterocycles. The van der Waals surface area contributed by atoms with Crippen molar-refractivity contribution in [3.63, 3.8) is 0 Å². The highest BCUT2D eigenvalue weighted by Gasteiger charge is 2.28. The van der Waals surface area contributed by atoms with E-state index in [0.29, 0.717) is 13.1 Å². The number of carbonyl (C=O) groups excluding carboxylic acids is 1. The number of hydrogen-bond donors (Lipinski definition) is 1. The number of carbonyl (C=O) groups is 1. The molecular formula is C21H28N2O2S. The molecule has 1 aliphatic rings. The first-order valence-electron chi connectivity index (χ1n) is 9.36. The number of rotatable bonds is 7. The first kappa shape index (κ1) is 19.1. The van der Waals surface area contributed by atoms with E-state index in [1.165, 1.54) is 10.4 Å². The third-order valence-electron chi connectivity index (χ3n) is 5.17. The lowest BCUT2D eigenvalue weighted by Gasteiger charge is -2.34. The van der Waals surface area contributed by atoms with Crippen molar-refractivity contribution >= 4 is 17.2 Å². The molecule has 2 aromatic rings. The van der Waals surface area contributed by atoms with Crippen LogP contribution in [0.3, 0.4) is 0 Å². The first-order chi connectivity index (χ1) is 12.7. The maximum Gasteiger partial charge on any atom is 0.226 e. The van der Waals surface area contributed by atoms with Gasteiger partial charge in [0.05, 0.1) is 6.61 Å². The van der Waals surface area contributed by atoms with Crippen LogP contribution in [0.5, 0.6) is 0 Å². The number of nitrogens with zero attached hydrogens (tertiary/aromatic N) is 2. The van der Waals surface area contributed by atoms with Gasteiger partial charge < -0.3 is 10.0 Å². The Hall–Kier alpha value is -1.69. The van der Waals surface area contributed by atoms with Gasteiger partial charge in [0.1, 0.15) is 0 Å². The predicted octanol–water partition coefficient (Wildman–Crippen LogP) is 3.29. The van der Waals surface area contributed by atoms with Crippen molar-refractivity contribution in [2.75, 3.05) is 26.2 Å². The molecule has 1 amide bonds. The van der Waals surface area contributed by atoms with E-state index < -0.39 is 0 Å². The van der Waals surface area contributed by atoms with Crippen molar-refractivity contribution in [2.45, 2.75) is 32.9 Å². The van der Waals surface area contributed by atoms with Crippen molar-refractivity contribution in [1.29, 1.82) is 0 Å². The molecule has 1 aromatic heterocycles. The second-order valence-electron chi connectivity index (χ2n) is 7.05. The third-order valence-corrected chi connectivity index (χ3v) is 6.18. The fourth-order valence-electron chi connectivity index (χ4n) is 3.56. The molecule has 1 aliphatic heterocycles. The van der Waals surface area contributed by atoms with Gasteiger partial charge in [-0.25, -0.2) is 0 Å². The minimum absolute atomic E-state index is 0.00900. The summed E-state index contributed by atoms with van der Waals surface area (Å²) in [6, 6.07) is 12.2. The summed E-state index contributed by atoms with van der Waals surface area (Å²) in [4.78, 5) is 18.7. The lowest BCUT2D eigenvalue weighted by molar-refractivity contribution is -0.138. The van der Waals surface area contributed by atoms with Gasteiger partial charge in [-0.1, -0.05) is 30.3 Å². The van der Waals surface area contributed by atoms with E-state index in [4.69, 9.17) is 0 Å². The molecular weight excluding hydrogens is 344 g/mol. The summed E-state index contributed by atoms with van der Waals surface area (Å²) in [6.07, 6.45) is 1.81. The average Bonchev–Trinajstić information content (AvgIpc) is 3.07. The molecule has 1 fully saturated rings. The van der Waals surface area contributed by atoms with Crippen LogP contribution in [0.1, 0.15) is 28.8 Å². The Morgan fingerprint density at radius 3 is 2.58 bits per heavy atom. The number of aliphatic hydroxyl groups is 1. The molecule has 26 heavy (non-hydrogen) atoms. The van der Waals surface area contributed by atoms with Crippen molar-refractivity contribution in [3.05, 3.63) is 57.8 Å². The summed E-state index contributed by atoms with van der Waals surface area (Å²) < 4.78 is 0. The van der Waals surface area contributed by atoms with Gasteiger partial charge in [0, 0.05) is 30.4 Å². The highest BCUT2D eigenvalue weighted by molar-refractivity contribution is 7.10. The maximum absolute atomic E-state index is 13.0. The van der Waals surface area contributed by atoms with Gasteiger partial charge in [0.15, 0.2) is 0 Å². The van der Waals surface area contributed by atoms with Crippen LogP contribution in [-0.2, 0) is 17.9 Å². The van der Waals surface area contributed by atoms with Gasteiger partial charge in [0.25, 0.3) is 0 Å². The molecule has 1 N–H and O–H groups in total. The van der Waals surface area contributed by atoms with Crippen LogP contribution in [0.25, 0.3) is 0 Å². The summed E-state index contributed by atoms with van der Waals surface area (Å²) in [5, 5.41) is 11.5. The fraction of sp³-hybridized carbons (Fsp3) is 0.476. The molecule has 0 aliphatic carbocycles. The Morgan fingerprint density at radius 2 is 1.96 bits per heavy atom. The van der Waals surface area contributed by atoms with Crippen LogP contribution >= 0.6 is 11.3 Å². The van der Waals surface area contributed by atoms with Gasteiger partial charge in [-0.3, -0.25) is 9.69 Å². The fourth-order valence-corrected chi connectivity index (χ4v) is 4.50. The SMILES string of the molecule is Cc1ccsc1CN1CCC(C(=O)N(CCO)Cc2ccccc2)CC1. The second-order valence-corrected chi connectivity index (χ2v) is 8.05. The van der Waals surface area contributed by atoms with Gasteiger partial charge in [-0.15, -0.1) is 11.3 Å². The molecule has 2 heterocycles.